The Hall–Kier alpha value is -0.820. The number of nitrogens with zero attached hydrogens (tertiary/aromatic N) is 1. The second-order valence-electron chi connectivity index (χ2n) is 5.93. The third-order valence-electron chi connectivity index (χ3n) is 4.52. The van der Waals surface area contributed by atoms with E-state index in [2.05, 4.69) is 36.9 Å². The first-order chi connectivity index (χ1) is 8.25. The molecule has 1 fully saturated rings. The first kappa shape index (κ1) is 11.3. The Labute approximate surface area is 105 Å². The van der Waals surface area contributed by atoms with Crippen molar-refractivity contribution in [2.75, 3.05) is 13.1 Å². The lowest BCUT2D eigenvalue weighted by molar-refractivity contribution is 0.107. The fourth-order valence-corrected chi connectivity index (χ4v) is 3.38. The maximum atomic E-state index is 2.67. The number of fused-ring (bicyclic) bond motifs is 1. The number of hydrogen-bond acceptors (Lipinski definition) is 1. The predicted octanol–water partition coefficient (Wildman–Crippen LogP) is 3.37. The molecule has 1 nitrogen and oxygen atoms in total. The van der Waals surface area contributed by atoms with Gasteiger partial charge in [-0.1, -0.05) is 32.0 Å². The highest BCUT2D eigenvalue weighted by atomic mass is 15.2. The highest BCUT2D eigenvalue weighted by Crippen LogP contribution is 2.31. The molecular weight excluding hydrogens is 206 g/mol. The summed E-state index contributed by atoms with van der Waals surface area (Å²) in [7, 11) is 0. The minimum Gasteiger partial charge on any atom is -0.300 e. The Morgan fingerprint density at radius 2 is 2.06 bits per heavy atom. The summed E-state index contributed by atoms with van der Waals surface area (Å²) in [4.78, 5) is 2.67. The second-order valence-corrected chi connectivity index (χ2v) is 5.93. The van der Waals surface area contributed by atoms with Crippen LogP contribution in [0.15, 0.2) is 18.2 Å². The van der Waals surface area contributed by atoms with Crippen molar-refractivity contribution in [3.8, 4) is 0 Å². The minimum absolute atomic E-state index is 0.672. The van der Waals surface area contributed by atoms with Gasteiger partial charge in [0.2, 0.25) is 0 Å². The summed E-state index contributed by atoms with van der Waals surface area (Å²) < 4.78 is 0. The largest absolute Gasteiger partial charge is 0.300 e. The van der Waals surface area contributed by atoms with Gasteiger partial charge in [-0.15, -0.1) is 0 Å². The lowest BCUT2D eigenvalue weighted by atomic mass is 9.81. The molecule has 1 aromatic carbocycles. The summed E-state index contributed by atoms with van der Waals surface area (Å²) in [6, 6.07) is 7.77. The van der Waals surface area contributed by atoms with Gasteiger partial charge >= 0.3 is 0 Å². The summed E-state index contributed by atoms with van der Waals surface area (Å²) in [6.07, 6.45) is 5.37. The first-order valence-corrected chi connectivity index (χ1v) is 7.10. The molecule has 0 bridgehead atoms. The highest BCUT2D eigenvalue weighted by Gasteiger charge is 2.28. The number of benzene rings is 1. The van der Waals surface area contributed by atoms with Crippen LogP contribution >= 0.6 is 0 Å². The van der Waals surface area contributed by atoms with Crippen LogP contribution in [-0.4, -0.2) is 24.0 Å². The Bertz CT molecular complexity index is 404. The van der Waals surface area contributed by atoms with Crippen molar-refractivity contribution >= 4 is 0 Å². The van der Waals surface area contributed by atoms with Crippen molar-refractivity contribution in [2.45, 2.75) is 51.5 Å². The van der Waals surface area contributed by atoms with Crippen LogP contribution in [0.5, 0.6) is 0 Å². The highest BCUT2D eigenvalue weighted by molar-refractivity contribution is 5.39. The van der Waals surface area contributed by atoms with E-state index in [0.29, 0.717) is 5.92 Å². The molecule has 1 aliphatic carbocycles. The van der Waals surface area contributed by atoms with Gasteiger partial charge in [0, 0.05) is 6.04 Å². The average Bonchev–Trinajstić information content (AvgIpc) is 2.25. The smallest absolute Gasteiger partial charge is 0.0139 e. The van der Waals surface area contributed by atoms with Crippen molar-refractivity contribution in [1.82, 2.24) is 4.90 Å². The van der Waals surface area contributed by atoms with E-state index >= 15 is 0 Å². The molecule has 3 rings (SSSR count). The molecule has 1 unspecified atom stereocenters. The molecule has 0 radical (unpaired) electrons. The SMILES string of the molecule is CC(C)c1cccc2c1CCC(N1CCC1)C2. The molecule has 1 atom stereocenters. The Morgan fingerprint density at radius 1 is 1.24 bits per heavy atom. The van der Waals surface area contributed by atoms with Gasteiger partial charge in [-0.2, -0.15) is 0 Å². The second kappa shape index (κ2) is 4.45. The summed E-state index contributed by atoms with van der Waals surface area (Å²) in [5, 5.41) is 0. The summed E-state index contributed by atoms with van der Waals surface area (Å²) in [5.74, 6) is 0.672. The zero-order valence-electron chi connectivity index (χ0n) is 11.1. The van der Waals surface area contributed by atoms with Crippen LogP contribution in [0.25, 0.3) is 0 Å². The van der Waals surface area contributed by atoms with Crippen LogP contribution in [0, 0.1) is 0 Å². The van der Waals surface area contributed by atoms with Gasteiger partial charge < -0.3 is 0 Å². The van der Waals surface area contributed by atoms with E-state index in [1.54, 1.807) is 16.7 Å². The van der Waals surface area contributed by atoms with Crippen LogP contribution in [0.1, 0.15) is 49.3 Å². The van der Waals surface area contributed by atoms with E-state index in [1.165, 1.54) is 38.8 Å². The van der Waals surface area contributed by atoms with Crippen molar-refractivity contribution in [3.63, 3.8) is 0 Å². The molecule has 0 spiro atoms. The monoisotopic (exact) mass is 229 g/mol. The molecule has 1 saturated heterocycles. The molecule has 1 aliphatic heterocycles. The molecule has 0 saturated carbocycles. The number of likely N-dealkylation sites (tertiary alicyclic amines) is 1. The quantitative estimate of drug-likeness (QED) is 0.751. The van der Waals surface area contributed by atoms with Crippen LogP contribution < -0.4 is 0 Å². The standard InChI is InChI=1S/C16H23N/c1-12(2)15-6-3-5-13-11-14(7-8-16(13)15)17-9-4-10-17/h3,5-6,12,14H,4,7-11H2,1-2H3. The molecule has 1 heteroatoms. The molecule has 2 aliphatic rings. The zero-order chi connectivity index (χ0) is 11.8. The molecule has 1 heterocycles. The van der Waals surface area contributed by atoms with Crippen molar-refractivity contribution < 1.29 is 0 Å². The molecule has 0 amide bonds. The van der Waals surface area contributed by atoms with Crippen molar-refractivity contribution in [1.29, 1.82) is 0 Å². The van der Waals surface area contributed by atoms with Crippen LogP contribution in [-0.2, 0) is 12.8 Å². The average molecular weight is 229 g/mol. The van der Waals surface area contributed by atoms with Crippen LogP contribution in [0.3, 0.4) is 0 Å². The topological polar surface area (TPSA) is 3.24 Å². The molecule has 17 heavy (non-hydrogen) atoms. The normalized spacial score (nSPS) is 24.5. The third-order valence-corrected chi connectivity index (χ3v) is 4.52. The molecule has 1 aromatic rings. The van der Waals surface area contributed by atoms with E-state index in [9.17, 15) is 0 Å². The maximum absolute atomic E-state index is 2.67. The summed E-state index contributed by atoms with van der Waals surface area (Å²) in [5.41, 5.74) is 4.88. The Kier molecular flexibility index (Phi) is 2.96. The minimum atomic E-state index is 0.672. The predicted molar refractivity (Wildman–Crippen MR) is 72.5 cm³/mol. The van der Waals surface area contributed by atoms with Gasteiger partial charge in [0.15, 0.2) is 0 Å². The van der Waals surface area contributed by atoms with E-state index in [-0.39, 0.29) is 0 Å². The molecule has 0 aromatic heterocycles. The summed E-state index contributed by atoms with van der Waals surface area (Å²) in [6.45, 7) is 7.31. The molecule has 92 valence electrons. The van der Waals surface area contributed by atoms with E-state index in [0.717, 1.165) is 6.04 Å². The summed E-state index contributed by atoms with van der Waals surface area (Å²) >= 11 is 0. The van der Waals surface area contributed by atoms with Gasteiger partial charge in [0.05, 0.1) is 0 Å². The van der Waals surface area contributed by atoms with Crippen molar-refractivity contribution in [2.24, 2.45) is 0 Å². The van der Waals surface area contributed by atoms with Gasteiger partial charge in [-0.3, -0.25) is 4.90 Å². The first-order valence-electron chi connectivity index (χ1n) is 7.10. The molecular formula is C16H23N. The third kappa shape index (κ3) is 2.01. The van der Waals surface area contributed by atoms with Crippen molar-refractivity contribution in [3.05, 3.63) is 34.9 Å². The van der Waals surface area contributed by atoms with E-state index in [1.807, 2.05) is 0 Å². The fraction of sp³-hybridized carbons (Fsp3) is 0.625. The number of rotatable bonds is 2. The lowest BCUT2D eigenvalue weighted by Gasteiger charge is -2.41. The Balaban J connectivity index is 1.85. The Morgan fingerprint density at radius 3 is 2.71 bits per heavy atom. The van der Waals surface area contributed by atoms with Crippen LogP contribution in [0.2, 0.25) is 0 Å². The lowest BCUT2D eigenvalue weighted by Crippen LogP contribution is -2.47. The van der Waals surface area contributed by atoms with Crippen LogP contribution in [0.4, 0.5) is 0 Å². The maximum Gasteiger partial charge on any atom is 0.0139 e. The van der Waals surface area contributed by atoms with E-state index in [4.69, 9.17) is 0 Å². The zero-order valence-corrected chi connectivity index (χ0v) is 11.1. The fourth-order valence-electron chi connectivity index (χ4n) is 3.38. The van der Waals surface area contributed by atoms with Gasteiger partial charge in [-0.05, 0) is 61.4 Å². The van der Waals surface area contributed by atoms with Gasteiger partial charge in [0.1, 0.15) is 0 Å². The molecule has 0 N–H and O–H groups in total. The van der Waals surface area contributed by atoms with Gasteiger partial charge in [0.25, 0.3) is 0 Å². The van der Waals surface area contributed by atoms with E-state index < -0.39 is 0 Å². The number of hydrogen-bond donors (Lipinski definition) is 0. The van der Waals surface area contributed by atoms with Gasteiger partial charge in [-0.25, -0.2) is 0 Å².